The van der Waals surface area contributed by atoms with Gasteiger partial charge in [-0.1, -0.05) is 0 Å². The Morgan fingerprint density at radius 3 is 2.63 bits per heavy atom. The van der Waals surface area contributed by atoms with Gasteiger partial charge in [-0.25, -0.2) is 19.9 Å². The van der Waals surface area contributed by atoms with Gasteiger partial charge in [-0.15, -0.1) is 0 Å². The van der Waals surface area contributed by atoms with Gasteiger partial charge in [-0.3, -0.25) is 0 Å². The minimum Gasteiger partial charge on any atom is -0.352 e. The molecule has 0 aromatic carbocycles. The van der Waals surface area contributed by atoms with Crippen LogP contribution in [0.2, 0.25) is 0 Å². The van der Waals surface area contributed by atoms with Crippen molar-refractivity contribution in [3.63, 3.8) is 0 Å². The van der Waals surface area contributed by atoms with E-state index >= 15 is 0 Å². The Kier molecular flexibility index (Phi) is 3.11. The molecule has 0 bridgehead atoms. The summed E-state index contributed by atoms with van der Waals surface area (Å²) in [7, 11) is 2.01. The van der Waals surface area contributed by atoms with E-state index in [1.807, 2.05) is 26.1 Å². The largest absolute Gasteiger partial charge is 0.352 e. The van der Waals surface area contributed by atoms with E-state index in [0.717, 1.165) is 23.2 Å². The van der Waals surface area contributed by atoms with Gasteiger partial charge in [0.15, 0.2) is 0 Å². The van der Waals surface area contributed by atoms with E-state index in [1.54, 1.807) is 12.4 Å². The SMILES string of the molecule is Cc1cc(N(C)Cc2ncccn2)nc(C2CC2)n1. The molecule has 5 nitrogen and oxygen atoms in total. The first-order chi connectivity index (χ1) is 9.22. The average molecular weight is 255 g/mol. The Morgan fingerprint density at radius 2 is 1.95 bits per heavy atom. The van der Waals surface area contributed by atoms with Gasteiger partial charge >= 0.3 is 0 Å². The number of hydrogen-bond acceptors (Lipinski definition) is 5. The van der Waals surface area contributed by atoms with Crippen LogP contribution >= 0.6 is 0 Å². The fourth-order valence-electron chi connectivity index (χ4n) is 2.00. The minimum absolute atomic E-state index is 0.569. The summed E-state index contributed by atoms with van der Waals surface area (Å²) in [5.41, 5.74) is 1.02. The second-order valence-electron chi connectivity index (χ2n) is 5.02. The predicted molar refractivity (Wildman–Crippen MR) is 72.9 cm³/mol. The van der Waals surface area contributed by atoms with Crippen LogP contribution in [-0.4, -0.2) is 27.0 Å². The maximum atomic E-state index is 4.65. The molecule has 1 fully saturated rings. The molecule has 1 aliphatic rings. The first-order valence-corrected chi connectivity index (χ1v) is 6.55. The minimum atomic E-state index is 0.569. The maximum absolute atomic E-state index is 4.65. The molecular formula is C14H17N5. The lowest BCUT2D eigenvalue weighted by molar-refractivity contribution is 0.803. The molecule has 0 radical (unpaired) electrons. The summed E-state index contributed by atoms with van der Waals surface area (Å²) in [6.45, 7) is 2.67. The number of hydrogen-bond donors (Lipinski definition) is 0. The molecule has 1 saturated carbocycles. The molecule has 0 N–H and O–H groups in total. The van der Waals surface area contributed by atoms with E-state index in [9.17, 15) is 0 Å². The van der Waals surface area contributed by atoms with Gasteiger partial charge in [0.1, 0.15) is 17.5 Å². The van der Waals surface area contributed by atoms with Gasteiger partial charge in [0.05, 0.1) is 6.54 Å². The van der Waals surface area contributed by atoms with E-state index in [0.29, 0.717) is 12.5 Å². The summed E-state index contributed by atoms with van der Waals surface area (Å²) in [5.74, 6) is 3.30. The Bertz CT molecular complexity index is 565. The second kappa shape index (κ2) is 4.91. The van der Waals surface area contributed by atoms with Crippen molar-refractivity contribution in [2.75, 3.05) is 11.9 Å². The van der Waals surface area contributed by atoms with Crippen molar-refractivity contribution in [2.45, 2.75) is 32.2 Å². The summed E-state index contributed by atoms with van der Waals surface area (Å²) >= 11 is 0. The number of aromatic nitrogens is 4. The summed E-state index contributed by atoms with van der Waals surface area (Å²) < 4.78 is 0. The maximum Gasteiger partial charge on any atom is 0.147 e. The molecule has 1 aliphatic carbocycles. The first kappa shape index (κ1) is 12.0. The Hall–Kier alpha value is -2.04. The quantitative estimate of drug-likeness (QED) is 0.837. The Morgan fingerprint density at radius 1 is 1.21 bits per heavy atom. The van der Waals surface area contributed by atoms with Crippen LogP contribution < -0.4 is 4.90 Å². The summed E-state index contributed by atoms with van der Waals surface area (Å²) in [5, 5.41) is 0. The summed E-state index contributed by atoms with van der Waals surface area (Å²) in [6.07, 6.45) is 5.96. The van der Waals surface area contributed by atoms with Crippen LogP contribution in [0.4, 0.5) is 5.82 Å². The zero-order valence-corrected chi connectivity index (χ0v) is 11.2. The van der Waals surface area contributed by atoms with E-state index in [2.05, 4.69) is 24.8 Å². The topological polar surface area (TPSA) is 54.8 Å². The van der Waals surface area contributed by atoms with Crippen LogP contribution in [0.15, 0.2) is 24.5 Å². The molecule has 19 heavy (non-hydrogen) atoms. The molecule has 0 amide bonds. The van der Waals surface area contributed by atoms with Gasteiger partial charge in [0.2, 0.25) is 0 Å². The number of nitrogens with zero attached hydrogens (tertiary/aromatic N) is 5. The van der Waals surface area contributed by atoms with Gasteiger partial charge in [0, 0.05) is 37.1 Å². The lowest BCUT2D eigenvalue weighted by Gasteiger charge is -2.18. The van der Waals surface area contributed by atoms with Crippen LogP contribution in [-0.2, 0) is 6.54 Å². The second-order valence-corrected chi connectivity index (χ2v) is 5.02. The molecule has 98 valence electrons. The number of anilines is 1. The highest BCUT2D eigenvalue weighted by Crippen LogP contribution is 2.38. The van der Waals surface area contributed by atoms with Crippen LogP contribution in [0.25, 0.3) is 0 Å². The highest BCUT2D eigenvalue weighted by atomic mass is 15.2. The van der Waals surface area contributed by atoms with Crippen molar-refractivity contribution >= 4 is 5.82 Å². The van der Waals surface area contributed by atoms with Gasteiger partial charge in [-0.2, -0.15) is 0 Å². The summed E-state index contributed by atoms with van der Waals surface area (Å²) in [4.78, 5) is 19.7. The number of aryl methyl sites for hydroxylation is 1. The zero-order chi connectivity index (χ0) is 13.2. The van der Waals surface area contributed by atoms with Crippen LogP contribution in [0.3, 0.4) is 0 Å². The van der Waals surface area contributed by atoms with Crippen LogP contribution in [0.5, 0.6) is 0 Å². The van der Waals surface area contributed by atoms with Crippen LogP contribution in [0.1, 0.15) is 36.1 Å². The average Bonchev–Trinajstić information content (AvgIpc) is 3.23. The van der Waals surface area contributed by atoms with Crippen molar-refractivity contribution in [3.05, 3.63) is 41.9 Å². The highest BCUT2D eigenvalue weighted by molar-refractivity contribution is 5.39. The monoisotopic (exact) mass is 255 g/mol. The molecule has 0 saturated heterocycles. The third kappa shape index (κ3) is 2.86. The Labute approximate surface area is 112 Å². The van der Waals surface area contributed by atoms with E-state index in [1.165, 1.54) is 12.8 Å². The normalized spacial score (nSPS) is 14.4. The first-order valence-electron chi connectivity index (χ1n) is 6.55. The smallest absolute Gasteiger partial charge is 0.147 e. The molecule has 0 unspecified atom stereocenters. The van der Waals surface area contributed by atoms with Gasteiger partial charge in [0.25, 0.3) is 0 Å². The molecule has 2 heterocycles. The van der Waals surface area contributed by atoms with Crippen LogP contribution in [0, 0.1) is 6.92 Å². The standard InChI is InChI=1S/C14H17N5/c1-10-8-13(18-14(17-10)11-4-5-11)19(2)9-12-15-6-3-7-16-12/h3,6-8,11H,4-5,9H2,1-2H3. The summed E-state index contributed by atoms with van der Waals surface area (Å²) in [6, 6.07) is 3.83. The fraction of sp³-hybridized carbons (Fsp3) is 0.429. The van der Waals surface area contributed by atoms with Gasteiger partial charge in [-0.05, 0) is 25.8 Å². The fourth-order valence-corrected chi connectivity index (χ4v) is 2.00. The predicted octanol–water partition coefficient (Wildman–Crippen LogP) is 2.09. The molecule has 0 spiro atoms. The van der Waals surface area contributed by atoms with Crippen molar-refractivity contribution in [3.8, 4) is 0 Å². The molecule has 5 heteroatoms. The molecule has 3 rings (SSSR count). The molecular weight excluding hydrogens is 238 g/mol. The third-order valence-electron chi connectivity index (χ3n) is 3.19. The van der Waals surface area contributed by atoms with Crippen molar-refractivity contribution in [2.24, 2.45) is 0 Å². The molecule has 2 aromatic heterocycles. The molecule has 0 atom stereocenters. The lowest BCUT2D eigenvalue weighted by Crippen LogP contribution is -2.20. The van der Waals surface area contributed by atoms with Crippen molar-refractivity contribution < 1.29 is 0 Å². The van der Waals surface area contributed by atoms with E-state index < -0.39 is 0 Å². The van der Waals surface area contributed by atoms with E-state index in [4.69, 9.17) is 0 Å². The van der Waals surface area contributed by atoms with Gasteiger partial charge < -0.3 is 4.90 Å². The zero-order valence-electron chi connectivity index (χ0n) is 11.2. The molecule has 2 aromatic rings. The van der Waals surface area contributed by atoms with E-state index in [-0.39, 0.29) is 0 Å². The third-order valence-corrected chi connectivity index (χ3v) is 3.19. The molecule has 0 aliphatic heterocycles. The Balaban J connectivity index is 1.81. The number of rotatable bonds is 4. The highest BCUT2D eigenvalue weighted by Gasteiger charge is 2.27. The van der Waals surface area contributed by atoms with Crippen molar-refractivity contribution in [1.29, 1.82) is 0 Å². The van der Waals surface area contributed by atoms with Crippen molar-refractivity contribution in [1.82, 2.24) is 19.9 Å². The lowest BCUT2D eigenvalue weighted by atomic mass is 10.3.